The number of hydrogen-bond acceptors (Lipinski definition) is 3. The summed E-state index contributed by atoms with van der Waals surface area (Å²) < 4.78 is 5.63. The van der Waals surface area contributed by atoms with E-state index in [2.05, 4.69) is 27.4 Å². The fourth-order valence-electron chi connectivity index (χ4n) is 3.21. The first-order valence-corrected chi connectivity index (χ1v) is 8.60. The third-order valence-electron chi connectivity index (χ3n) is 4.55. The van der Waals surface area contributed by atoms with Crippen LogP contribution in [0.2, 0.25) is 0 Å². The Balaban J connectivity index is 0.00000242. The minimum Gasteiger partial charge on any atom is -0.376 e. The van der Waals surface area contributed by atoms with Crippen molar-refractivity contribution in [1.82, 2.24) is 15.5 Å². The van der Waals surface area contributed by atoms with Gasteiger partial charge in [-0.05, 0) is 57.7 Å². The van der Waals surface area contributed by atoms with Crippen LogP contribution in [-0.2, 0) is 4.74 Å². The van der Waals surface area contributed by atoms with Crippen LogP contribution < -0.4 is 10.6 Å². The van der Waals surface area contributed by atoms with E-state index in [4.69, 9.17) is 4.74 Å². The van der Waals surface area contributed by atoms with E-state index in [1.165, 1.54) is 51.7 Å². The van der Waals surface area contributed by atoms with Gasteiger partial charge >= 0.3 is 0 Å². The van der Waals surface area contributed by atoms with E-state index in [1.807, 2.05) is 7.05 Å². The Hall–Kier alpha value is -0.0800. The summed E-state index contributed by atoms with van der Waals surface area (Å²) in [5.74, 6) is 1.70. The molecule has 0 radical (unpaired) electrons. The molecule has 0 aliphatic carbocycles. The molecule has 2 aliphatic rings. The first-order chi connectivity index (χ1) is 10.3. The molecule has 0 amide bonds. The van der Waals surface area contributed by atoms with Crippen molar-refractivity contribution in [2.75, 3.05) is 46.4 Å². The van der Waals surface area contributed by atoms with Crippen molar-refractivity contribution in [2.45, 2.75) is 45.1 Å². The van der Waals surface area contributed by atoms with E-state index in [0.29, 0.717) is 6.10 Å². The molecule has 2 fully saturated rings. The smallest absolute Gasteiger partial charge is 0.191 e. The number of ether oxygens (including phenoxy) is 1. The van der Waals surface area contributed by atoms with Gasteiger partial charge < -0.3 is 20.3 Å². The summed E-state index contributed by atoms with van der Waals surface area (Å²) in [6, 6.07) is 0. The largest absolute Gasteiger partial charge is 0.376 e. The summed E-state index contributed by atoms with van der Waals surface area (Å²) in [6.07, 6.45) is 6.59. The van der Waals surface area contributed by atoms with Crippen LogP contribution in [0.4, 0.5) is 0 Å². The maximum atomic E-state index is 5.63. The van der Waals surface area contributed by atoms with E-state index in [1.54, 1.807) is 0 Å². The highest BCUT2D eigenvalue weighted by Crippen LogP contribution is 2.16. The zero-order chi connectivity index (χ0) is 14.9. The lowest BCUT2D eigenvalue weighted by molar-refractivity contribution is 0.113. The summed E-state index contributed by atoms with van der Waals surface area (Å²) >= 11 is 0. The number of nitrogens with zero attached hydrogens (tertiary/aromatic N) is 2. The summed E-state index contributed by atoms with van der Waals surface area (Å²) in [5.41, 5.74) is 0. The van der Waals surface area contributed by atoms with Crippen LogP contribution in [0.25, 0.3) is 0 Å². The van der Waals surface area contributed by atoms with Crippen molar-refractivity contribution < 1.29 is 4.74 Å². The molecule has 2 rings (SSSR count). The maximum Gasteiger partial charge on any atom is 0.191 e. The summed E-state index contributed by atoms with van der Waals surface area (Å²) in [5, 5.41) is 6.86. The third kappa shape index (κ3) is 7.00. The number of likely N-dealkylation sites (tertiary alicyclic amines) is 1. The van der Waals surface area contributed by atoms with Crippen molar-refractivity contribution >= 4 is 29.9 Å². The van der Waals surface area contributed by atoms with Gasteiger partial charge in [-0.2, -0.15) is 0 Å². The number of rotatable bonds is 6. The molecule has 5 nitrogen and oxygen atoms in total. The molecule has 0 aromatic rings. The molecule has 0 aromatic carbocycles. The van der Waals surface area contributed by atoms with Crippen LogP contribution in [0.15, 0.2) is 4.99 Å². The molecule has 2 N–H and O–H groups in total. The van der Waals surface area contributed by atoms with Crippen molar-refractivity contribution in [2.24, 2.45) is 10.9 Å². The van der Waals surface area contributed by atoms with Gasteiger partial charge in [0.1, 0.15) is 0 Å². The van der Waals surface area contributed by atoms with Crippen LogP contribution in [0.5, 0.6) is 0 Å². The number of hydrogen-bond donors (Lipinski definition) is 2. The van der Waals surface area contributed by atoms with E-state index in [-0.39, 0.29) is 24.0 Å². The van der Waals surface area contributed by atoms with Crippen molar-refractivity contribution in [3.63, 3.8) is 0 Å². The van der Waals surface area contributed by atoms with E-state index < -0.39 is 0 Å². The summed E-state index contributed by atoms with van der Waals surface area (Å²) in [6.45, 7) is 8.83. The van der Waals surface area contributed by atoms with Gasteiger partial charge in [0.2, 0.25) is 0 Å². The van der Waals surface area contributed by atoms with Gasteiger partial charge in [-0.1, -0.05) is 6.92 Å². The Morgan fingerprint density at radius 1 is 1.18 bits per heavy atom. The second kappa shape index (κ2) is 11.5. The Bertz CT molecular complexity index is 313. The number of piperidine rings is 1. The topological polar surface area (TPSA) is 48.9 Å². The number of aliphatic imine (C=N–C) groups is 1. The molecule has 0 saturated carbocycles. The maximum absolute atomic E-state index is 5.63. The SMILES string of the molecule is CCCN1CCC(CNC(=NC)NCC2CCCO2)CC1.I. The predicted molar refractivity (Wildman–Crippen MR) is 103 cm³/mol. The highest BCUT2D eigenvalue weighted by molar-refractivity contribution is 14.0. The van der Waals surface area contributed by atoms with Gasteiger partial charge in [0.15, 0.2) is 5.96 Å². The van der Waals surface area contributed by atoms with Crippen LogP contribution in [0.1, 0.15) is 39.0 Å². The minimum atomic E-state index is 0. The van der Waals surface area contributed by atoms with Crippen LogP contribution in [0, 0.1) is 5.92 Å². The number of nitrogens with one attached hydrogen (secondary N) is 2. The normalized spacial score (nSPS) is 24.1. The molecule has 2 heterocycles. The molecule has 2 aliphatic heterocycles. The molecule has 2 saturated heterocycles. The second-order valence-corrected chi connectivity index (χ2v) is 6.25. The summed E-state index contributed by atoms with van der Waals surface area (Å²) in [4.78, 5) is 6.89. The molecular formula is C16H33IN4O. The molecule has 0 spiro atoms. The minimum absolute atomic E-state index is 0. The second-order valence-electron chi connectivity index (χ2n) is 6.25. The fraction of sp³-hybridized carbons (Fsp3) is 0.938. The lowest BCUT2D eigenvalue weighted by atomic mass is 9.97. The molecule has 0 aromatic heterocycles. The first-order valence-electron chi connectivity index (χ1n) is 8.60. The monoisotopic (exact) mass is 424 g/mol. The van der Waals surface area contributed by atoms with E-state index in [9.17, 15) is 0 Å². The fourth-order valence-corrected chi connectivity index (χ4v) is 3.21. The van der Waals surface area contributed by atoms with Crippen LogP contribution >= 0.6 is 24.0 Å². The van der Waals surface area contributed by atoms with Crippen molar-refractivity contribution in [1.29, 1.82) is 0 Å². The van der Waals surface area contributed by atoms with Gasteiger partial charge in [0.05, 0.1) is 6.10 Å². The quantitative estimate of drug-likeness (QED) is 0.390. The standard InChI is InChI=1S/C16H32N4O.HI/c1-3-8-20-9-6-14(7-10-20)12-18-16(17-2)19-13-15-5-4-11-21-15;/h14-15H,3-13H2,1-2H3,(H2,17,18,19);1H. The molecular weight excluding hydrogens is 391 g/mol. The van der Waals surface area contributed by atoms with Gasteiger partial charge in [0, 0.05) is 26.7 Å². The van der Waals surface area contributed by atoms with Gasteiger partial charge in [-0.3, -0.25) is 4.99 Å². The molecule has 22 heavy (non-hydrogen) atoms. The lowest BCUT2D eigenvalue weighted by Crippen LogP contribution is -2.44. The Kier molecular flexibility index (Phi) is 10.4. The highest BCUT2D eigenvalue weighted by atomic mass is 127. The summed E-state index contributed by atoms with van der Waals surface area (Å²) in [7, 11) is 1.84. The highest BCUT2D eigenvalue weighted by Gasteiger charge is 2.19. The Labute approximate surface area is 152 Å². The molecule has 6 heteroatoms. The average molecular weight is 424 g/mol. The predicted octanol–water partition coefficient (Wildman–Crippen LogP) is 2.07. The lowest BCUT2D eigenvalue weighted by Gasteiger charge is -2.32. The van der Waals surface area contributed by atoms with Crippen molar-refractivity contribution in [3.8, 4) is 0 Å². The average Bonchev–Trinajstić information content (AvgIpc) is 3.03. The molecule has 0 bridgehead atoms. The Morgan fingerprint density at radius 2 is 1.91 bits per heavy atom. The van der Waals surface area contributed by atoms with Crippen molar-refractivity contribution in [3.05, 3.63) is 0 Å². The van der Waals surface area contributed by atoms with Crippen LogP contribution in [-0.4, -0.2) is 63.3 Å². The first kappa shape index (κ1) is 20.0. The molecule has 1 atom stereocenters. The van der Waals surface area contributed by atoms with E-state index >= 15 is 0 Å². The molecule has 1 unspecified atom stereocenters. The zero-order valence-electron chi connectivity index (χ0n) is 14.1. The van der Waals surface area contributed by atoms with Gasteiger partial charge in [0.25, 0.3) is 0 Å². The van der Waals surface area contributed by atoms with E-state index in [0.717, 1.165) is 31.6 Å². The third-order valence-corrected chi connectivity index (χ3v) is 4.55. The zero-order valence-corrected chi connectivity index (χ0v) is 16.5. The van der Waals surface area contributed by atoms with Crippen LogP contribution in [0.3, 0.4) is 0 Å². The Morgan fingerprint density at radius 3 is 2.50 bits per heavy atom. The van der Waals surface area contributed by atoms with Gasteiger partial charge in [-0.25, -0.2) is 0 Å². The molecule has 130 valence electrons. The van der Waals surface area contributed by atoms with Gasteiger partial charge in [-0.15, -0.1) is 24.0 Å². The number of halogens is 1. The number of guanidine groups is 1.